The molecule has 1 aliphatic heterocycles. The first-order valence-corrected chi connectivity index (χ1v) is 9.77. The van der Waals surface area contributed by atoms with Crippen LogP contribution in [0.4, 0.5) is 0 Å². The fourth-order valence-electron chi connectivity index (χ4n) is 3.16. The van der Waals surface area contributed by atoms with E-state index in [1.165, 1.54) is 5.56 Å². The number of halogens is 3. The third-order valence-corrected chi connectivity index (χ3v) is 5.50. The van der Waals surface area contributed by atoms with Crippen LogP contribution in [0.2, 0.25) is 10.0 Å². The molecule has 1 aromatic carbocycles. The highest BCUT2D eigenvalue weighted by molar-refractivity contribution is 14.0. The number of likely N-dealkylation sites (tertiary alicyclic amines) is 1. The number of nitrogens with one attached hydrogen (secondary N) is 2. The summed E-state index contributed by atoms with van der Waals surface area (Å²) in [5, 5.41) is 12.1. The molecule has 0 amide bonds. The zero-order valence-corrected chi connectivity index (χ0v) is 19.9. The van der Waals surface area contributed by atoms with Gasteiger partial charge in [0.05, 0.1) is 16.6 Å². The molecule has 1 saturated heterocycles. The predicted octanol–water partition coefficient (Wildman–Crippen LogP) is 3.07. The average Bonchev–Trinajstić information content (AvgIpc) is 3.08. The third-order valence-electron chi connectivity index (χ3n) is 4.76. The van der Waals surface area contributed by atoms with Crippen molar-refractivity contribution in [2.75, 3.05) is 20.1 Å². The molecule has 0 radical (unpaired) electrons. The molecule has 0 spiro atoms. The van der Waals surface area contributed by atoms with Gasteiger partial charge in [0.1, 0.15) is 12.2 Å². The second-order valence-corrected chi connectivity index (χ2v) is 7.48. The van der Waals surface area contributed by atoms with Crippen LogP contribution in [0.25, 0.3) is 0 Å². The Kier molecular flexibility index (Phi) is 9.26. The summed E-state index contributed by atoms with van der Waals surface area (Å²) < 4.78 is 1.75. The van der Waals surface area contributed by atoms with E-state index in [4.69, 9.17) is 23.2 Å². The fourth-order valence-corrected chi connectivity index (χ4v) is 3.48. The second kappa shape index (κ2) is 11.2. The highest BCUT2D eigenvalue weighted by Crippen LogP contribution is 2.24. The Morgan fingerprint density at radius 3 is 2.61 bits per heavy atom. The Balaban J connectivity index is 0.00000280. The number of nitrogens with zero attached hydrogens (tertiary/aromatic N) is 5. The molecule has 0 atom stereocenters. The maximum Gasteiger partial charge on any atom is 0.191 e. The molecular formula is C18H26Cl2IN7. The lowest BCUT2D eigenvalue weighted by atomic mass is 10.0. The Morgan fingerprint density at radius 2 is 2.00 bits per heavy atom. The van der Waals surface area contributed by atoms with E-state index in [1.807, 2.05) is 25.2 Å². The van der Waals surface area contributed by atoms with Crippen LogP contribution in [0.15, 0.2) is 29.5 Å². The van der Waals surface area contributed by atoms with Crippen LogP contribution in [0.3, 0.4) is 0 Å². The first-order valence-electron chi connectivity index (χ1n) is 9.01. The van der Waals surface area contributed by atoms with Gasteiger partial charge in [0, 0.05) is 39.8 Å². The Morgan fingerprint density at radius 1 is 1.25 bits per heavy atom. The molecule has 1 fully saturated rings. The molecule has 2 aromatic rings. The fraction of sp³-hybridized carbons (Fsp3) is 0.500. The molecule has 154 valence electrons. The summed E-state index contributed by atoms with van der Waals surface area (Å²) in [7, 11) is 3.66. The van der Waals surface area contributed by atoms with E-state index in [9.17, 15) is 0 Å². The number of guanidine groups is 1. The highest BCUT2D eigenvalue weighted by atomic mass is 127. The molecule has 2 heterocycles. The van der Waals surface area contributed by atoms with E-state index in [-0.39, 0.29) is 24.0 Å². The van der Waals surface area contributed by atoms with E-state index in [1.54, 1.807) is 18.1 Å². The summed E-state index contributed by atoms with van der Waals surface area (Å²) in [6.45, 7) is 3.53. The summed E-state index contributed by atoms with van der Waals surface area (Å²) in [5.41, 5.74) is 1.19. The number of hydrogen-bond donors (Lipinski definition) is 2. The molecule has 1 aliphatic rings. The van der Waals surface area contributed by atoms with Crippen molar-refractivity contribution in [2.24, 2.45) is 12.0 Å². The summed E-state index contributed by atoms with van der Waals surface area (Å²) in [5.74, 6) is 1.66. The van der Waals surface area contributed by atoms with Gasteiger partial charge < -0.3 is 10.6 Å². The van der Waals surface area contributed by atoms with Crippen LogP contribution in [-0.4, -0.2) is 51.8 Å². The number of rotatable bonds is 5. The van der Waals surface area contributed by atoms with Gasteiger partial charge in [0.2, 0.25) is 0 Å². The lowest BCUT2D eigenvalue weighted by Gasteiger charge is -2.33. The lowest BCUT2D eigenvalue weighted by molar-refractivity contribution is 0.198. The summed E-state index contributed by atoms with van der Waals surface area (Å²) in [6.07, 6.45) is 3.68. The van der Waals surface area contributed by atoms with Crippen molar-refractivity contribution in [1.29, 1.82) is 0 Å². The predicted molar refractivity (Wildman–Crippen MR) is 125 cm³/mol. The van der Waals surface area contributed by atoms with Gasteiger partial charge in [-0.05, 0) is 30.5 Å². The summed E-state index contributed by atoms with van der Waals surface area (Å²) in [6, 6.07) is 6.25. The minimum Gasteiger partial charge on any atom is -0.354 e. The van der Waals surface area contributed by atoms with Crippen LogP contribution in [-0.2, 0) is 20.1 Å². The van der Waals surface area contributed by atoms with E-state index in [0.29, 0.717) is 22.6 Å². The molecule has 1 aromatic heterocycles. The van der Waals surface area contributed by atoms with Crippen LogP contribution in [0.1, 0.15) is 24.2 Å². The van der Waals surface area contributed by atoms with E-state index < -0.39 is 0 Å². The molecule has 10 heteroatoms. The molecule has 0 saturated carbocycles. The quantitative estimate of drug-likeness (QED) is 0.348. The van der Waals surface area contributed by atoms with Crippen molar-refractivity contribution in [2.45, 2.75) is 32.0 Å². The van der Waals surface area contributed by atoms with Crippen molar-refractivity contribution in [3.8, 4) is 0 Å². The van der Waals surface area contributed by atoms with Gasteiger partial charge in [-0.25, -0.2) is 4.98 Å². The van der Waals surface area contributed by atoms with Crippen molar-refractivity contribution < 1.29 is 0 Å². The van der Waals surface area contributed by atoms with Crippen molar-refractivity contribution in [3.63, 3.8) is 0 Å². The zero-order chi connectivity index (χ0) is 19.2. The number of aryl methyl sites for hydroxylation is 1. The van der Waals surface area contributed by atoms with Crippen LogP contribution in [0, 0.1) is 0 Å². The number of benzene rings is 1. The minimum atomic E-state index is 0. The van der Waals surface area contributed by atoms with Crippen LogP contribution >= 0.6 is 47.2 Å². The van der Waals surface area contributed by atoms with E-state index in [2.05, 4.69) is 30.6 Å². The molecule has 0 aliphatic carbocycles. The van der Waals surface area contributed by atoms with Crippen LogP contribution in [0.5, 0.6) is 0 Å². The van der Waals surface area contributed by atoms with Gasteiger partial charge in [0.15, 0.2) is 5.96 Å². The maximum absolute atomic E-state index is 6.11. The minimum absolute atomic E-state index is 0. The van der Waals surface area contributed by atoms with Gasteiger partial charge >= 0.3 is 0 Å². The second-order valence-electron chi connectivity index (χ2n) is 6.67. The summed E-state index contributed by atoms with van der Waals surface area (Å²) >= 11 is 12.1. The lowest BCUT2D eigenvalue weighted by Crippen LogP contribution is -2.48. The molecule has 3 rings (SSSR count). The van der Waals surface area contributed by atoms with Gasteiger partial charge in [0.25, 0.3) is 0 Å². The van der Waals surface area contributed by atoms with Gasteiger partial charge in [-0.15, -0.1) is 24.0 Å². The number of aromatic nitrogens is 3. The third kappa shape index (κ3) is 6.47. The van der Waals surface area contributed by atoms with Gasteiger partial charge in [-0.2, -0.15) is 5.10 Å². The average molecular weight is 538 g/mol. The Bertz CT molecular complexity index is 788. The molecular weight excluding hydrogens is 512 g/mol. The maximum atomic E-state index is 6.11. The molecule has 0 bridgehead atoms. The molecule has 2 N–H and O–H groups in total. The largest absolute Gasteiger partial charge is 0.354 e. The van der Waals surface area contributed by atoms with Crippen LogP contribution < -0.4 is 10.6 Å². The summed E-state index contributed by atoms with van der Waals surface area (Å²) in [4.78, 5) is 11.0. The molecule has 28 heavy (non-hydrogen) atoms. The number of aliphatic imine (C=N–C) groups is 1. The van der Waals surface area contributed by atoms with Crippen molar-refractivity contribution in [1.82, 2.24) is 30.3 Å². The normalized spacial score (nSPS) is 15.9. The Labute approximate surface area is 192 Å². The smallest absolute Gasteiger partial charge is 0.191 e. The van der Waals surface area contributed by atoms with Crippen molar-refractivity contribution >= 4 is 53.1 Å². The zero-order valence-electron chi connectivity index (χ0n) is 16.0. The van der Waals surface area contributed by atoms with Gasteiger partial charge in [-0.3, -0.25) is 14.6 Å². The monoisotopic (exact) mass is 537 g/mol. The van der Waals surface area contributed by atoms with E-state index in [0.717, 1.165) is 44.3 Å². The highest BCUT2D eigenvalue weighted by Gasteiger charge is 2.20. The van der Waals surface area contributed by atoms with Gasteiger partial charge in [-0.1, -0.05) is 29.3 Å². The topological polar surface area (TPSA) is 70.4 Å². The van der Waals surface area contributed by atoms with E-state index >= 15 is 0 Å². The first kappa shape index (κ1) is 23.2. The molecule has 7 nitrogen and oxygen atoms in total. The first-order chi connectivity index (χ1) is 13.0. The van der Waals surface area contributed by atoms with Crippen molar-refractivity contribution in [3.05, 3.63) is 46.0 Å². The SMILES string of the molecule is CN=C(NCc1ncnn1C)NC1CCN(Cc2ccc(Cl)c(Cl)c2)CC1.I. The Hall–Kier alpha value is -1.10. The molecule has 0 unspecified atom stereocenters. The number of hydrogen-bond acceptors (Lipinski definition) is 4. The standard InChI is InChI=1S/C18H25Cl2N7.HI/c1-21-18(22-10-17-23-12-24-26(17)2)25-14-5-7-27(8-6-14)11-13-3-4-15(19)16(20)9-13;/h3-4,9,12,14H,5-8,10-11H2,1-2H3,(H2,21,22,25);1H. The number of piperidine rings is 1.